The van der Waals surface area contributed by atoms with Gasteiger partial charge in [-0.3, -0.25) is 10.3 Å². The molecule has 0 amide bonds. The molecule has 15 heavy (non-hydrogen) atoms. The molecule has 0 bridgehead atoms. The number of nitrogens with one attached hydrogen (secondary N) is 1. The molecular weight excluding hydrogens is 210 g/mol. The van der Waals surface area contributed by atoms with Crippen molar-refractivity contribution in [3.8, 4) is 0 Å². The fraction of sp³-hybridized carbons (Fsp3) is 0.778. The van der Waals surface area contributed by atoms with Crippen molar-refractivity contribution in [3.63, 3.8) is 0 Å². The van der Waals surface area contributed by atoms with Crippen molar-refractivity contribution in [1.82, 2.24) is 15.1 Å². The summed E-state index contributed by atoms with van der Waals surface area (Å²) in [7, 11) is 0. The summed E-state index contributed by atoms with van der Waals surface area (Å²) < 4.78 is 0. The van der Waals surface area contributed by atoms with Crippen LogP contribution in [0.5, 0.6) is 0 Å². The Morgan fingerprint density at radius 2 is 2.33 bits per heavy atom. The molecule has 84 valence electrons. The number of hydrogen-bond donors (Lipinski definition) is 2. The van der Waals surface area contributed by atoms with Gasteiger partial charge in [-0.15, -0.1) is 10.2 Å². The largest absolute Gasteiger partial charge is 0.298 e. The predicted octanol–water partition coefficient (Wildman–Crippen LogP) is 1.06. The maximum atomic E-state index is 5.26. The zero-order chi connectivity index (χ0) is 10.9. The van der Waals surface area contributed by atoms with Gasteiger partial charge in [0.05, 0.1) is 6.54 Å². The fourth-order valence-corrected chi connectivity index (χ4v) is 2.62. The van der Waals surface area contributed by atoms with Crippen LogP contribution in [0, 0.1) is 5.41 Å². The molecule has 0 aromatic carbocycles. The maximum Gasteiger partial charge on any atom is 0.219 e. The quantitative estimate of drug-likeness (QED) is 0.597. The van der Waals surface area contributed by atoms with Crippen molar-refractivity contribution in [2.24, 2.45) is 11.3 Å². The number of hydrogen-bond acceptors (Lipinski definition) is 6. The van der Waals surface area contributed by atoms with Gasteiger partial charge in [0.1, 0.15) is 5.01 Å². The zero-order valence-corrected chi connectivity index (χ0v) is 9.97. The van der Waals surface area contributed by atoms with Gasteiger partial charge in [-0.1, -0.05) is 25.2 Å². The van der Waals surface area contributed by atoms with Crippen molar-refractivity contribution >= 4 is 16.5 Å². The third-order valence-corrected chi connectivity index (χ3v) is 3.54. The van der Waals surface area contributed by atoms with Gasteiger partial charge in [0, 0.05) is 6.54 Å². The smallest absolute Gasteiger partial charge is 0.219 e. The molecule has 2 rings (SSSR count). The highest BCUT2D eigenvalue weighted by atomic mass is 32.1. The second-order valence-electron chi connectivity index (χ2n) is 4.77. The van der Waals surface area contributed by atoms with E-state index in [0.29, 0.717) is 10.5 Å². The minimum absolute atomic E-state index is 0.444. The minimum Gasteiger partial charge on any atom is -0.298 e. The van der Waals surface area contributed by atoms with E-state index in [1.807, 2.05) is 0 Å². The van der Waals surface area contributed by atoms with Gasteiger partial charge in [-0.05, 0) is 18.4 Å². The Labute approximate surface area is 93.6 Å². The van der Waals surface area contributed by atoms with Crippen LogP contribution < -0.4 is 11.3 Å². The number of nitrogens with zero attached hydrogens (tertiary/aromatic N) is 3. The Morgan fingerprint density at radius 1 is 1.53 bits per heavy atom. The van der Waals surface area contributed by atoms with Crippen LogP contribution in [0.1, 0.15) is 25.3 Å². The second-order valence-corrected chi connectivity index (χ2v) is 5.83. The lowest BCUT2D eigenvalue weighted by Crippen LogP contribution is -2.22. The van der Waals surface area contributed by atoms with Crippen LogP contribution in [-0.4, -0.2) is 28.2 Å². The third-order valence-electron chi connectivity index (χ3n) is 2.71. The summed E-state index contributed by atoms with van der Waals surface area (Å²) in [4.78, 5) is 2.42. The van der Waals surface area contributed by atoms with Crippen molar-refractivity contribution in [2.45, 2.75) is 26.8 Å². The summed E-state index contributed by atoms with van der Waals surface area (Å²) in [5.41, 5.74) is 2.96. The molecule has 1 aromatic heterocycles. The molecule has 0 saturated carbocycles. The van der Waals surface area contributed by atoms with E-state index in [4.69, 9.17) is 5.84 Å². The first-order valence-electron chi connectivity index (χ1n) is 5.10. The van der Waals surface area contributed by atoms with E-state index in [1.54, 1.807) is 0 Å². The van der Waals surface area contributed by atoms with Crippen molar-refractivity contribution in [3.05, 3.63) is 5.01 Å². The first-order valence-corrected chi connectivity index (χ1v) is 5.92. The van der Waals surface area contributed by atoms with Crippen LogP contribution in [0.25, 0.3) is 0 Å². The number of likely N-dealkylation sites (tertiary alicyclic amines) is 1. The highest BCUT2D eigenvalue weighted by Crippen LogP contribution is 2.30. The summed E-state index contributed by atoms with van der Waals surface area (Å²) in [6.07, 6.45) is 1.26. The molecule has 1 aliphatic heterocycles. The van der Waals surface area contributed by atoms with Gasteiger partial charge in [0.25, 0.3) is 0 Å². The molecular formula is C9H17N5S. The lowest BCUT2D eigenvalue weighted by atomic mass is 9.93. The molecule has 0 radical (unpaired) electrons. The van der Waals surface area contributed by atoms with Crippen molar-refractivity contribution in [1.29, 1.82) is 0 Å². The Hall–Kier alpha value is -0.720. The first kappa shape index (κ1) is 10.8. The fourth-order valence-electron chi connectivity index (χ4n) is 1.93. The molecule has 1 aromatic rings. The van der Waals surface area contributed by atoms with Crippen LogP contribution in [0.4, 0.5) is 5.13 Å². The molecule has 1 fully saturated rings. The van der Waals surface area contributed by atoms with E-state index in [9.17, 15) is 0 Å². The number of anilines is 1. The number of nitrogen functional groups attached to an aromatic ring is 1. The number of nitrogens with two attached hydrogens (primary N) is 1. The van der Waals surface area contributed by atoms with Crippen molar-refractivity contribution in [2.75, 3.05) is 18.5 Å². The average molecular weight is 227 g/mol. The van der Waals surface area contributed by atoms with E-state index in [-0.39, 0.29) is 0 Å². The van der Waals surface area contributed by atoms with Crippen LogP contribution in [0.15, 0.2) is 0 Å². The number of rotatable bonds is 3. The van der Waals surface area contributed by atoms with Gasteiger partial charge in [-0.25, -0.2) is 5.84 Å². The Bertz CT molecular complexity index is 335. The van der Waals surface area contributed by atoms with Gasteiger partial charge < -0.3 is 0 Å². The standard InChI is InChI=1S/C9H17N5S/c1-9(2)3-4-14(6-9)5-7-12-13-8(11-10)15-7/h3-6,10H2,1-2H3,(H,11,13). The van der Waals surface area contributed by atoms with Crippen LogP contribution in [-0.2, 0) is 6.54 Å². The van der Waals surface area contributed by atoms with Crippen LogP contribution in [0.2, 0.25) is 0 Å². The molecule has 0 spiro atoms. The van der Waals surface area contributed by atoms with E-state index in [0.717, 1.165) is 24.6 Å². The molecule has 0 unspecified atom stereocenters. The van der Waals surface area contributed by atoms with Gasteiger partial charge >= 0.3 is 0 Å². The molecule has 1 aliphatic rings. The predicted molar refractivity (Wildman–Crippen MR) is 61.4 cm³/mol. The van der Waals surface area contributed by atoms with E-state index in [1.165, 1.54) is 17.8 Å². The summed E-state index contributed by atoms with van der Waals surface area (Å²) in [5, 5.41) is 9.71. The highest BCUT2D eigenvalue weighted by molar-refractivity contribution is 7.15. The van der Waals surface area contributed by atoms with E-state index >= 15 is 0 Å². The Kier molecular flexibility index (Phi) is 2.90. The number of aromatic nitrogens is 2. The summed E-state index contributed by atoms with van der Waals surface area (Å²) in [6, 6.07) is 0. The topological polar surface area (TPSA) is 67.1 Å². The van der Waals surface area contributed by atoms with Gasteiger partial charge in [0.15, 0.2) is 0 Å². The molecule has 3 N–H and O–H groups in total. The third kappa shape index (κ3) is 2.64. The monoisotopic (exact) mass is 227 g/mol. The first-order chi connectivity index (χ1) is 7.09. The van der Waals surface area contributed by atoms with Crippen LogP contribution in [0.3, 0.4) is 0 Å². The Morgan fingerprint density at radius 3 is 2.87 bits per heavy atom. The van der Waals surface area contributed by atoms with Gasteiger partial charge in [-0.2, -0.15) is 0 Å². The zero-order valence-electron chi connectivity index (χ0n) is 9.16. The maximum absolute atomic E-state index is 5.26. The summed E-state index contributed by atoms with van der Waals surface area (Å²) in [6.45, 7) is 7.79. The molecule has 0 aliphatic carbocycles. The normalized spacial score (nSPS) is 20.7. The molecule has 2 heterocycles. The minimum atomic E-state index is 0.444. The average Bonchev–Trinajstić information content (AvgIpc) is 2.73. The Balaban J connectivity index is 1.92. The molecule has 0 atom stereocenters. The molecule has 6 heteroatoms. The molecule has 1 saturated heterocycles. The van der Waals surface area contributed by atoms with Crippen molar-refractivity contribution < 1.29 is 0 Å². The lowest BCUT2D eigenvalue weighted by molar-refractivity contribution is 0.283. The van der Waals surface area contributed by atoms with E-state index in [2.05, 4.69) is 34.4 Å². The molecule has 5 nitrogen and oxygen atoms in total. The van der Waals surface area contributed by atoms with Gasteiger partial charge in [0.2, 0.25) is 5.13 Å². The highest BCUT2D eigenvalue weighted by Gasteiger charge is 2.29. The second kappa shape index (κ2) is 4.03. The SMILES string of the molecule is CC1(C)CCN(Cc2nnc(NN)s2)C1. The number of hydrazine groups is 1. The lowest BCUT2D eigenvalue weighted by Gasteiger charge is -2.18. The van der Waals surface area contributed by atoms with Crippen LogP contribution >= 0.6 is 11.3 Å². The van der Waals surface area contributed by atoms with E-state index < -0.39 is 0 Å². The summed E-state index contributed by atoms with van der Waals surface area (Å²) >= 11 is 1.52. The summed E-state index contributed by atoms with van der Waals surface area (Å²) in [5.74, 6) is 5.26.